The van der Waals surface area contributed by atoms with Crippen LogP contribution in [0.1, 0.15) is 13.8 Å². The Hall–Kier alpha value is -0.860. The molecular formula is C10H16O7. The molecule has 0 aromatic heterocycles. The molecule has 17 heavy (non-hydrogen) atoms. The van der Waals surface area contributed by atoms with E-state index in [1.165, 1.54) is 7.11 Å². The van der Waals surface area contributed by atoms with Crippen molar-refractivity contribution in [3.8, 4) is 0 Å². The topological polar surface area (TPSA) is 113 Å². The number of aliphatic hydroxyl groups excluding tert-OH is 2. The summed E-state index contributed by atoms with van der Waals surface area (Å²) in [7, 11) is 1.17. The van der Waals surface area contributed by atoms with Crippen molar-refractivity contribution in [2.75, 3.05) is 7.11 Å². The second kappa shape index (κ2) is 4.79. The van der Waals surface area contributed by atoms with E-state index in [9.17, 15) is 24.9 Å². The van der Waals surface area contributed by atoms with Gasteiger partial charge in [-0.2, -0.15) is 0 Å². The lowest BCUT2D eigenvalue weighted by molar-refractivity contribution is -0.198. The molecule has 0 saturated carbocycles. The minimum atomic E-state index is -2.28. The molecule has 7 heteroatoms. The van der Waals surface area contributed by atoms with Crippen LogP contribution >= 0.6 is 0 Å². The summed E-state index contributed by atoms with van der Waals surface area (Å²) in [5.41, 5.74) is -2.28. The van der Waals surface area contributed by atoms with Crippen molar-refractivity contribution < 1.29 is 34.4 Å². The average molecular weight is 248 g/mol. The molecule has 3 N–H and O–H groups in total. The van der Waals surface area contributed by atoms with Gasteiger partial charge in [-0.1, -0.05) is 0 Å². The van der Waals surface area contributed by atoms with Crippen molar-refractivity contribution >= 4 is 11.6 Å². The van der Waals surface area contributed by atoms with E-state index in [1.807, 2.05) is 0 Å². The molecule has 98 valence electrons. The minimum absolute atomic E-state index is 0.642. The summed E-state index contributed by atoms with van der Waals surface area (Å²) < 4.78 is 9.75. The number of carbonyl (C=O) groups is 2. The van der Waals surface area contributed by atoms with Crippen LogP contribution in [0.3, 0.4) is 0 Å². The highest BCUT2D eigenvalue weighted by atomic mass is 16.7. The SMILES string of the molecule is CO[C@@H]1O[C@H](C(O)C(C)=O)[C@@H](O)[C@]1(O)C(C)=O. The summed E-state index contributed by atoms with van der Waals surface area (Å²) >= 11 is 0. The summed E-state index contributed by atoms with van der Waals surface area (Å²) in [4.78, 5) is 22.4. The normalized spacial score (nSPS) is 39.1. The first-order chi connectivity index (χ1) is 7.76. The molecule has 1 heterocycles. The highest BCUT2D eigenvalue weighted by Crippen LogP contribution is 2.34. The van der Waals surface area contributed by atoms with Gasteiger partial charge in [-0.3, -0.25) is 9.59 Å². The predicted molar refractivity (Wildman–Crippen MR) is 54.0 cm³/mol. The van der Waals surface area contributed by atoms with Gasteiger partial charge in [0.2, 0.25) is 5.60 Å². The highest BCUT2D eigenvalue weighted by Gasteiger charge is 2.61. The van der Waals surface area contributed by atoms with Gasteiger partial charge in [0.1, 0.15) is 18.3 Å². The van der Waals surface area contributed by atoms with E-state index in [2.05, 4.69) is 0 Å². The molecule has 7 nitrogen and oxygen atoms in total. The number of hydrogen-bond donors (Lipinski definition) is 3. The van der Waals surface area contributed by atoms with Gasteiger partial charge in [0.25, 0.3) is 0 Å². The minimum Gasteiger partial charge on any atom is -0.387 e. The van der Waals surface area contributed by atoms with Gasteiger partial charge in [-0.05, 0) is 13.8 Å². The van der Waals surface area contributed by atoms with Gasteiger partial charge >= 0.3 is 0 Å². The summed E-state index contributed by atoms with van der Waals surface area (Å²) in [6.07, 6.45) is -6.18. The maximum atomic E-state index is 11.3. The van der Waals surface area contributed by atoms with E-state index in [4.69, 9.17) is 9.47 Å². The third-order valence-corrected chi connectivity index (χ3v) is 2.91. The van der Waals surface area contributed by atoms with E-state index in [0.717, 1.165) is 13.8 Å². The molecule has 0 aliphatic carbocycles. The number of methoxy groups -OCH3 is 1. The molecule has 1 unspecified atom stereocenters. The fourth-order valence-electron chi connectivity index (χ4n) is 1.80. The van der Waals surface area contributed by atoms with E-state index < -0.39 is 41.8 Å². The summed E-state index contributed by atoms with van der Waals surface area (Å²) in [5, 5.41) is 29.3. The summed E-state index contributed by atoms with van der Waals surface area (Å²) in [6, 6.07) is 0. The number of Topliss-reactive ketones (excluding diaryl/α,β-unsaturated/α-hetero) is 2. The van der Waals surface area contributed by atoms with E-state index in [1.54, 1.807) is 0 Å². The van der Waals surface area contributed by atoms with Gasteiger partial charge in [0.15, 0.2) is 17.9 Å². The first-order valence-electron chi connectivity index (χ1n) is 5.05. The first-order valence-corrected chi connectivity index (χ1v) is 5.05. The summed E-state index contributed by atoms with van der Waals surface area (Å²) in [6.45, 7) is 2.16. The lowest BCUT2D eigenvalue weighted by Gasteiger charge is -2.27. The second-order valence-electron chi connectivity index (χ2n) is 4.05. The largest absolute Gasteiger partial charge is 0.387 e. The van der Waals surface area contributed by atoms with Crippen LogP contribution in [0, 0.1) is 0 Å². The van der Waals surface area contributed by atoms with Crippen LogP contribution in [0.5, 0.6) is 0 Å². The van der Waals surface area contributed by atoms with Crippen molar-refractivity contribution in [2.45, 2.75) is 44.1 Å². The molecule has 1 fully saturated rings. The standard InChI is InChI=1S/C10H16O7/c1-4(11)6(13)7-8(14)10(15,5(2)12)9(16-3)17-7/h6-9,13-15H,1-3H3/t6?,7-,8-,9-,10-/m1/s1. The number of ether oxygens (including phenoxy) is 2. The van der Waals surface area contributed by atoms with Gasteiger partial charge in [-0.25, -0.2) is 0 Å². The van der Waals surface area contributed by atoms with Crippen molar-refractivity contribution in [2.24, 2.45) is 0 Å². The maximum Gasteiger partial charge on any atom is 0.202 e. The monoisotopic (exact) mass is 248 g/mol. The van der Waals surface area contributed by atoms with Crippen molar-refractivity contribution in [3.63, 3.8) is 0 Å². The fourth-order valence-corrected chi connectivity index (χ4v) is 1.80. The van der Waals surface area contributed by atoms with Gasteiger partial charge in [-0.15, -0.1) is 0 Å². The van der Waals surface area contributed by atoms with Crippen molar-refractivity contribution in [3.05, 3.63) is 0 Å². The lowest BCUT2D eigenvalue weighted by atomic mass is 9.89. The molecule has 5 atom stereocenters. The highest BCUT2D eigenvalue weighted by molar-refractivity contribution is 5.87. The Labute approximate surface area is 98.0 Å². The van der Waals surface area contributed by atoms with Crippen LogP contribution in [0.4, 0.5) is 0 Å². The van der Waals surface area contributed by atoms with Crippen LogP contribution in [-0.4, -0.2) is 64.2 Å². The lowest BCUT2D eigenvalue weighted by Crippen LogP contribution is -2.55. The number of ketones is 2. The van der Waals surface area contributed by atoms with Crippen LogP contribution in [0.15, 0.2) is 0 Å². The van der Waals surface area contributed by atoms with Crippen LogP contribution in [0.2, 0.25) is 0 Å². The Morgan fingerprint density at radius 2 is 1.94 bits per heavy atom. The Balaban J connectivity index is 3.04. The second-order valence-corrected chi connectivity index (χ2v) is 4.05. The van der Waals surface area contributed by atoms with Crippen LogP contribution < -0.4 is 0 Å². The Morgan fingerprint density at radius 1 is 1.41 bits per heavy atom. The van der Waals surface area contributed by atoms with Gasteiger partial charge in [0, 0.05) is 7.11 Å². The quantitative estimate of drug-likeness (QED) is 0.526. The molecule has 1 rings (SSSR count). The molecule has 1 aliphatic rings. The summed E-state index contributed by atoms with van der Waals surface area (Å²) in [5.74, 6) is -1.41. The molecule has 0 bridgehead atoms. The molecule has 1 aliphatic heterocycles. The number of carbonyl (C=O) groups excluding carboxylic acids is 2. The fraction of sp³-hybridized carbons (Fsp3) is 0.800. The molecule has 0 aromatic carbocycles. The Morgan fingerprint density at radius 3 is 2.24 bits per heavy atom. The van der Waals surface area contributed by atoms with Gasteiger partial charge < -0.3 is 24.8 Å². The number of hydrogen-bond acceptors (Lipinski definition) is 7. The molecule has 0 radical (unpaired) electrons. The Bertz CT molecular complexity index is 329. The molecule has 0 aromatic rings. The van der Waals surface area contributed by atoms with Crippen molar-refractivity contribution in [1.29, 1.82) is 0 Å². The molecule has 0 amide bonds. The van der Waals surface area contributed by atoms with Crippen molar-refractivity contribution in [1.82, 2.24) is 0 Å². The van der Waals surface area contributed by atoms with E-state index >= 15 is 0 Å². The number of rotatable bonds is 4. The van der Waals surface area contributed by atoms with E-state index in [-0.39, 0.29) is 0 Å². The van der Waals surface area contributed by atoms with E-state index in [0.29, 0.717) is 0 Å². The maximum absolute atomic E-state index is 11.3. The zero-order chi connectivity index (χ0) is 13.4. The molecular weight excluding hydrogens is 232 g/mol. The Kier molecular flexibility index (Phi) is 4.00. The van der Waals surface area contributed by atoms with Gasteiger partial charge in [0.05, 0.1) is 0 Å². The predicted octanol–water partition coefficient (Wildman–Crippen LogP) is -2.01. The third kappa shape index (κ3) is 2.12. The smallest absolute Gasteiger partial charge is 0.202 e. The van der Waals surface area contributed by atoms with Crippen LogP contribution in [0.25, 0.3) is 0 Å². The van der Waals surface area contributed by atoms with Crippen LogP contribution in [-0.2, 0) is 19.1 Å². The zero-order valence-electron chi connectivity index (χ0n) is 9.78. The number of aliphatic hydroxyl groups is 3. The molecule has 0 spiro atoms. The zero-order valence-corrected chi connectivity index (χ0v) is 9.78. The molecule has 1 saturated heterocycles. The first kappa shape index (κ1) is 14.2. The average Bonchev–Trinajstić information content (AvgIpc) is 2.52. The third-order valence-electron chi connectivity index (χ3n) is 2.91.